The van der Waals surface area contributed by atoms with Gasteiger partial charge in [-0.15, -0.1) is 0 Å². The largest absolute Gasteiger partial charge is 0.352 e. The van der Waals surface area contributed by atoms with Crippen molar-refractivity contribution < 1.29 is 13.2 Å². The average molecular weight is 470 g/mol. The number of nitrogens with one attached hydrogen (secondary N) is 1. The van der Waals surface area contributed by atoms with Crippen molar-refractivity contribution in [2.75, 3.05) is 26.2 Å². The Bertz CT molecular complexity index is 1010. The van der Waals surface area contributed by atoms with E-state index >= 15 is 0 Å². The number of carbonyl (C=O) groups excluding carboxylic acids is 1. The van der Waals surface area contributed by atoms with Crippen LogP contribution in [-0.2, 0) is 27.9 Å². The van der Waals surface area contributed by atoms with Crippen molar-refractivity contribution >= 4 is 22.0 Å². The smallest absolute Gasteiger partial charge is 0.236 e. The zero-order chi connectivity index (χ0) is 23.7. The molecule has 178 valence electrons. The molecule has 0 aliphatic carbocycles. The maximum atomic E-state index is 12.6. The van der Waals surface area contributed by atoms with Crippen molar-refractivity contribution in [2.45, 2.75) is 39.8 Å². The van der Waals surface area contributed by atoms with Gasteiger partial charge in [0.15, 0.2) is 0 Å². The maximum absolute atomic E-state index is 12.6. The summed E-state index contributed by atoms with van der Waals surface area (Å²) in [6.45, 7) is 8.52. The van der Waals surface area contributed by atoms with E-state index in [1.54, 1.807) is 6.08 Å². The van der Waals surface area contributed by atoms with Gasteiger partial charge in [0.1, 0.15) is 0 Å². The summed E-state index contributed by atoms with van der Waals surface area (Å²) in [6.07, 6.45) is 2.68. The van der Waals surface area contributed by atoms with Crippen LogP contribution in [0.15, 0.2) is 60.0 Å². The number of nitrogens with zero attached hydrogens (tertiary/aromatic N) is 2. The molecule has 3 rings (SSSR count). The van der Waals surface area contributed by atoms with Gasteiger partial charge in [-0.2, -0.15) is 4.31 Å². The van der Waals surface area contributed by atoms with E-state index in [2.05, 4.69) is 48.3 Å². The minimum absolute atomic E-state index is 0.000840. The maximum Gasteiger partial charge on any atom is 0.236 e. The van der Waals surface area contributed by atoms with Gasteiger partial charge in [-0.3, -0.25) is 9.69 Å². The van der Waals surface area contributed by atoms with Crippen LogP contribution in [0.3, 0.4) is 0 Å². The monoisotopic (exact) mass is 469 g/mol. The first kappa shape index (κ1) is 25.1. The van der Waals surface area contributed by atoms with Gasteiger partial charge in [-0.05, 0) is 48.7 Å². The summed E-state index contributed by atoms with van der Waals surface area (Å²) in [5.74, 6) is -0.157. The number of piperidine rings is 1. The molecule has 0 atom stereocenters. The molecule has 33 heavy (non-hydrogen) atoms. The number of benzene rings is 2. The third-order valence-electron chi connectivity index (χ3n) is 6.21. The van der Waals surface area contributed by atoms with Crippen LogP contribution >= 0.6 is 0 Å². The predicted octanol–water partition coefficient (Wildman–Crippen LogP) is 3.86. The second-order valence-electron chi connectivity index (χ2n) is 8.43. The number of rotatable bonds is 10. The van der Waals surface area contributed by atoms with Crippen LogP contribution in [-0.4, -0.2) is 49.7 Å². The Balaban J connectivity index is 1.45. The minimum atomic E-state index is -3.49. The van der Waals surface area contributed by atoms with E-state index in [1.807, 2.05) is 30.3 Å². The molecule has 1 heterocycles. The van der Waals surface area contributed by atoms with Crippen molar-refractivity contribution in [3.63, 3.8) is 0 Å². The summed E-state index contributed by atoms with van der Waals surface area (Å²) >= 11 is 0. The zero-order valence-electron chi connectivity index (χ0n) is 19.6. The average Bonchev–Trinajstić information content (AvgIpc) is 2.86. The van der Waals surface area contributed by atoms with Gasteiger partial charge in [0.05, 0.1) is 0 Å². The van der Waals surface area contributed by atoms with Crippen molar-refractivity contribution in [1.82, 2.24) is 14.5 Å². The molecular formula is C26H35N3O3S. The highest BCUT2D eigenvalue weighted by molar-refractivity contribution is 7.92. The van der Waals surface area contributed by atoms with Crippen LogP contribution in [0.2, 0.25) is 0 Å². The van der Waals surface area contributed by atoms with Gasteiger partial charge in [0.2, 0.25) is 15.9 Å². The van der Waals surface area contributed by atoms with E-state index in [0.717, 1.165) is 30.8 Å². The molecule has 2 aromatic carbocycles. The SMILES string of the molecule is CCN(CC)Cc1ccc(CNC(=O)C2CCN(S(=O)(=O)/C=C/c3ccccc3)CC2)cc1. The fraction of sp³-hybridized carbons (Fsp3) is 0.423. The molecule has 1 amide bonds. The Morgan fingerprint density at radius 2 is 1.61 bits per heavy atom. The van der Waals surface area contributed by atoms with Crippen molar-refractivity contribution in [1.29, 1.82) is 0 Å². The Kier molecular flexibility index (Phi) is 9.23. The highest BCUT2D eigenvalue weighted by Crippen LogP contribution is 2.21. The van der Waals surface area contributed by atoms with Gasteiger partial charge in [-0.1, -0.05) is 68.4 Å². The summed E-state index contributed by atoms with van der Waals surface area (Å²) in [4.78, 5) is 15.0. The molecule has 0 aromatic heterocycles. The lowest BCUT2D eigenvalue weighted by molar-refractivity contribution is -0.126. The Morgan fingerprint density at radius 3 is 2.21 bits per heavy atom. The molecule has 1 N–H and O–H groups in total. The standard InChI is InChI=1S/C26H35N3O3S/c1-3-28(4-2)21-24-12-10-23(11-13-24)20-27-26(30)25-14-17-29(18-15-25)33(31,32)19-16-22-8-6-5-7-9-22/h5-13,16,19,25H,3-4,14-15,17-18,20-21H2,1-2H3,(H,27,30)/b19-16+. The Hall–Kier alpha value is -2.48. The number of carbonyl (C=O) groups is 1. The van der Waals surface area contributed by atoms with Crippen LogP contribution < -0.4 is 5.32 Å². The van der Waals surface area contributed by atoms with E-state index in [0.29, 0.717) is 32.5 Å². The number of sulfonamides is 1. The van der Waals surface area contributed by atoms with Gasteiger partial charge >= 0.3 is 0 Å². The molecule has 6 nitrogen and oxygen atoms in total. The van der Waals surface area contributed by atoms with Crippen LogP contribution in [0.1, 0.15) is 43.4 Å². The Labute approximate surface area is 198 Å². The van der Waals surface area contributed by atoms with Crippen molar-refractivity contribution in [2.24, 2.45) is 5.92 Å². The molecule has 1 aliphatic rings. The van der Waals surface area contributed by atoms with E-state index in [4.69, 9.17) is 0 Å². The van der Waals surface area contributed by atoms with E-state index in [9.17, 15) is 13.2 Å². The lowest BCUT2D eigenvalue weighted by Gasteiger charge is -2.29. The van der Waals surface area contributed by atoms with Gasteiger partial charge in [0, 0.05) is 37.5 Å². The summed E-state index contributed by atoms with van der Waals surface area (Å²) in [7, 11) is -3.49. The summed E-state index contributed by atoms with van der Waals surface area (Å²) < 4.78 is 26.7. The highest BCUT2D eigenvalue weighted by atomic mass is 32.2. The lowest BCUT2D eigenvalue weighted by Crippen LogP contribution is -2.42. The molecule has 1 saturated heterocycles. The third-order valence-corrected chi connectivity index (χ3v) is 7.77. The first-order valence-electron chi connectivity index (χ1n) is 11.7. The van der Waals surface area contributed by atoms with Crippen LogP contribution in [0.25, 0.3) is 6.08 Å². The molecule has 0 bridgehead atoms. The lowest BCUT2D eigenvalue weighted by atomic mass is 9.97. The fourth-order valence-electron chi connectivity index (χ4n) is 3.99. The molecule has 1 aliphatic heterocycles. The third kappa shape index (κ3) is 7.52. The van der Waals surface area contributed by atoms with Gasteiger partial charge in [-0.25, -0.2) is 8.42 Å². The van der Waals surface area contributed by atoms with Crippen LogP contribution in [0.4, 0.5) is 0 Å². The summed E-state index contributed by atoms with van der Waals surface area (Å²) in [5.41, 5.74) is 3.18. The highest BCUT2D eigenvalue weighted by Gasteiger charge is 2.29. The first-order valence-corrected chi connectivity index (χ1v) is 13.2. The molecule has 2 aromatic rings. The summed E-state index contributed by atoms with van der Waals surface area (Å²) in [6, 6.07) is 17.7. The molecule has 0 spiro atoms. The fourth-order valence-corrected chi connectivity index (χ4v) is 5.21. The molecular weight excluding hydrogens is 434 g/mol. The molecule has 0 radical (unpaired) electrons. The minimum Gasteiger partial charge on any atom is -0.352 e. The van der Waals surface area contributed by atoms with E-state index < -0.39 is 10.0 Å². The first-order chi connectivity index (χ1) is 15.9. The predicted molar refractivity (Wildman–Crippen MR) is 134 cm³/mol. The van der Waals surface area contributed by atoms with Gasteiger partial charge in [0.25, 0.3) is 0 Å². The summed E-state index contributed by atoms with van der Waals surface area (Å²) in [5, 5.41) is 4.28. The number of hydrogen-bond donors (Lipinski definition) is 1. The normalized spacial score (nSPS) is 15.8. The number of amides is 1. The van der Waals surface area contributed by atoms with Crippen LogP contribution in [0.5, 0.6) is 0 Å². The van der Waals surface area contributed by atoms with E-state index in [1.165, 1.54) is 15.3 Å². The molecule has 0 unspecified atom stereocenters. The van der Waals surface area contributed by atoms with E-state index in [-0.39, 0.29) is 11.8 Å². The molecule has 1 fully saturated rings. The molecule has 0 saturated carbocycles. The Morgan fingerprint density at radius 1 is 1.00 bits per heavy atom. The van der Waals surface area contributed by atoms with Crippen molar-refractivity contribution in [3.05, 3.63) is 76.7 Å². The second-order valence-corrected chi connectivity index (χ2v) is 10.2. The second kappa shape index (κ2) is 12.1. The van der Waals surface area contributed by atoms with Gasteiger partial charge < -0.3 is 5.32 Å². The zero-order valence-corrected chi connectivity index (χ0v) is 20.4. The van der Waals surface area contributed by atoms with Crippen LogP contribution in [0, 0.1) is 5.92 Å². The topological polar surface area (TPSA) is 69.7 Å². The quantitative estimate of drug-likeness (QED) is 0.574. The molecule has 7 heteroatoms. The number of hydrogen-bond acceptors (Lipinski definition) is 4. The van der Waals surface area contributed by atoms with Crippen molar-refractivity contribution in [3.8, 4) is 0 Å².